The van der Waals surface area contributed by atoms with Crippen LogP contribution in [-0.4, -0.2) is 18.3 Å². The Balaban J connectivity index is 2.52. The Morgan fingerprint density at radius 3 is 2.75 bits per heavy atom. The van der Waals surface area contributed by atoms with Crippen LogP contribution in [0.25, 0.3) is 0 Å². The average Bonchev–Trinajstić information content (AvgIpc) is 2.23. The summed E-state index contributed by atoms with van der Waals surface area (Å²) >= 11 is 3.37. The van der Waals surface area contributed by atoms with Crippen molar-refractivity contribution >= 4 is 15.9 Å². The van der Waals surface area contributed by atoms with Crippen LogP contribution in [0.4, 0.5) is 4.39 Å². The molecular weight excluding hydrogens is 273 g/mol. The molecule has 16 heavy (non-hydrogen) atoms. The third-order valence-electron chi connectivity index (χ3n) is 2.35. The lowest BCUT2D eigenvalue weighted by molar-refractivity contribution is 0.156. The maximum absolute atomic E-state index is 13.0. The number of rotatable bonds is 5. The van der Waals surface area contributed by atoms with Crippen LogP contribution < -0.4 is 5.32 Å². The first-order valence-corrected chi connectivity index (χ1v) is 5.99. The van der Waals surface area contributed by atoms with Crippen molar-refractivity contribution in [2.75, 3.05) is 13.2 Å². The van der Waals surface area contributed by atoms with Crippen LogP contribution >= 0.6 is 15.9 Å². The fraction of sp³-hybridized carbons (Fsp3) is 0.500. The Hall–Kier alpha value is -0.450. The highest BCUT2D eigenvalue weighted by molar-refractivity contribution is 9.10. The van der Waals surface area contributed by atoms with E-state index in [0.29, 0.717) is 13.1 Å². The maximum atomic E-state index is 13.0. The third-order valence-corrected chi connectivity index (χ3v) is 3.13. The van der Waals surface area contributed by atoms with E-state index in [-0.39, 0.29) is 17.8 Å². The van der Waals surface area contributed by atoms with E-state index in [2.05, 4.69) is 21.2 Å². The topological polar surface area (TPSA) is 32.3 Å². The summed E-state index contributed by atoms with van der Waals surface area (Å²) in [5.41, 5.74) is 0.730. The van der Waals surface area contributed by atoms with Crippen molar-refractivity contribution in [3.05, 3.63) is 34.1 Å². The van der Waals surface area contributed by atoms with Gasteiger partial charge in [-0.3, -0.25) is 0 Å². The van der Waals surface area contributed by atoms with Gasteiger partial charge < -0.3 is 10.4 Å². The predicted molar refractivity (Wildman–Crippen MR) is 66.7 cm³/mol. The summed E-state index contributed by atoms with van der Waals surface area (Å²) in [6, 6.07) is 4.62. The van der Waals surface area contributed by atoms with E-state index in [1.165, 1.54) is 12.1 Å². The Morgan fingerprint density at radius 2 is 2.12 bits per heavy atom. The van der Waals surface area contributed by atoms with Gasteiger partial charge in [0.25, 0.3) is 0 Å². The molecular formula is C12H17BrFNO. The standard InChI is InChI=1S/C12H17BrFNO/c1-12(2,8-16)7-15-6-9-5-10(14)3-4-11(9)13/h3-5,15-16H,6-8H2,1-2H3. The Morgan fingerprint density at radius 1 is 1.44 bits per heavy atom. The minimum absolute atomic E-state index is 0.129. The molecule has 0 bridgehead atoms. The van der Waals surface area contributed by atoms with Crippen LogP contribution in [0, 0.1) is 11.2 Å². The third kappa shape index (κ3) is 4.20. The Labute approximate surface area is 104 Å². The van der Waals surface area contributed by atoms with E-state index in [0.717, 1.165) is 10.0 Å². The Kier molecular flexibility index (Phi) is 4.89. The average molecular weight is 290 g/mol. The van der Waals surface area contributed by atoms with Gasteiger partial charge in [-0.1, -0.05) is 29.8 Å². The van der Waals surface area contributed by atoms with Crippen molar-refractivity contribution in [2.45, 2.75) is 20.4 Å². The molecule has 1 aromatic rings. The molecule has 2 nitrogen and oxygen atoms in total. The molecule has 0 unspecified atom stereocenters. The molecule has 1 aromatic carbocycles. The molecule has 0 spiro atoms. The van der Waals surface area contributed by atoms with Gasteiger partial charge in [-0.05, 0) is 23.8 Å². The number of halogens is 2. The summed E-state index contributed by atoms with van der Waals surface area (Å²) in [7, 11) is 0. The molecule has 0 amide bonds. The summed E-state index contributed by atoms with van der Waals surface area (Å²) in [6.07, 6.45) is 0. The van der Waals surface area contributed by atoms with Crippen molar-refractivity contribution < 1.29 is 9.50 Å². The van der Waals surface area contributed by atoms with Gasteiger partial charge in [0, 0.05) is 29.6 Å². The minimum Gasteiger partial charge on any atom is -0.396 e. The molecule has 0 aliphatic heterocycles. The molecule has 90 valence electrons. The van der Waals surface area contributed by atoms with Crippen LogP contribution in [0.1, 0.15) is 19.4 Å². The summed E-state index contributed by atoms with van der Waals surface area (Å²) in [4.78, 5) is 0. The highest BCUT2D eigenvalue weighted by atomic mass is 79.9. The van der Waals surface area contributed by atoms with Crippen molar-refractivity contribution in [1.29, 1.82) is 0 Å². The van der Waals surface area contributed by atoms with E-state index in [1.54, 1.807) is 6.07 Å². The predicted octanol–water partition coefficient (Wildman–Crippen LogP) is 2.70. The lowest BCUT2D eigenvalue weighted by Crippen LogP contribution is -2.31. The normalized spacial score (nSPS) is 11.8. The number of benzene rings is 1. The molecule has 0 saturated heterocycles. The van der Waals surface area contributed by atoms with Crippen molar-refractivity contribution in [3.63, 3.8) is 0 Å². The van der Waals surface area contributed by atoms with Crippen LogP contribution in [-0.2, 0) is 6.54 Å². The lowest BCUT2D eigenvalue weighted by Gasteiger charge is -2.22. The lowest BCUT2D eigenvalue weighted by atomic mass is 9.95. The van der Waals surface area contributed by atoms with Gasteiger partial charge in [0.05, 0.1) is 0 Å². The number of nitrogens with one attached hydrogen (secondary N) is 1. The fourth-order valence-corrected chi connectivity index (χ4v) is 1.66. The zero-order valence-electron chi connectivity index (χ0n) is 9.56. The molecule has 0 aliphatic rings. The van der Waals surface area contributed by atoms with Crippen LogP contribution in [0.3, 0.4) is 0 Å². The number of hydrogen-bond acceptors (Lipinski definition) is 2. The van der Waals surface area contributed by atoms with E-state index >= 15 is 0 Å². The minimum atomic E-state index is -0.235. The molecule has 0 fully saturated rings. The second-order valence-electron chi connectivity index (χ2n) is 4.66. The van der Waals surface area contributed by atoms with Crippen molar-refractivity contribution in [1.82, 2.24) is 5.32 Å². The van der Waals surface area contributed by atoms with Crippen molar-refractivity contribution in [2.24, 2.45) is 5.41 Å². The quantitative estimate of drug-likeness (QED) is 0.874. The highest BCUT2D eigenvalue weighted by Gasteiger charge is 2.15. The monoisotopic (exact) mass is 289 g/mol. The van der Waals surface area contributed by atoms with Gasteiger partial charge in [-0.25, -0.2) is 4.39 Å². The summed E-state index contributed by atoms with van der Waals surface area (Å²) < 4.78 is 13.9. The largest absolute Gasteiger partial charge is 0.396 e. The second-order valence-corrected chi connectivity index (χ2v) is 5.52. The fourth-order valence-electron chi connectivity index (χ4n) is 1.27. The molecule has 0 saturated carbocycles. The maximum Gasteiger partial charge on any atom is 0.123 e. The molecule has 4 heteroatoms. The number of aliphatic hydroxyl groups excluding tert-OH is 1. The zero-order chi connectivity index (χ0) is 12.2. The molecule has 0 heterocycles. The summed E-state index contributed by atoms with van der Waals surface area (Å²) in [5.74, 6) is -0.235. The molecule has 0 atom stereocenters. The van der Waals surface area contributed by atoms with E-state index in [9.17, 15) is 4.39 Å². The molecule has 0 radical (unpaired) electrons. The van der Waals surface area contributed by atoms with E-state index in [4.69, 9.17) is 5.11 Å². The molecule has 0 aromatic heterocycles. The first-order valence-electron chi connectivity index (χ1n) is 5.20. The Bertz CT molecular complexity index is 355. The van der Waals surface area contributed by atoms with E-state index < -0.39 is 0 Å². The molecule has 2 N–H and O–H groups in total. The number of hydrogen-bond donors (Lipinski definition) is 2. The van der Waals surface area contributed by atoms with Crippen molar-refractivity contribution in [3.8, 4) is 0 Å². The van der Waals surface area contributed by atoms with Gasteiger partial charge in [0.1, 0.15) is 5.82 Å². The van der Waals surface area contributed by atoms with Gasteiger partial charge in [-0.15, -0.1) is 0 Å². The van der Waals surface area contributed by atoms with Gasteiger partial charge in [0.15, 0.2) is 0 Å². The first-order chi connectivity index (χ1) is 7.44. The molecule has 0 aliphatic carbocycles. The zero-order valence-corrected chi connectivity index (χ0v) is 11.1. The van der Waals surface area contributed by atoms with Crippen LogP contribution in [0.2, 0.25) is 0 Å². The van der Waals surface area contributed by atoms with Gasteiger partial charge in [-0.2, -0.15) is 0 Å². The first kappa shape index (κ1) is 13.6. The molecule has 1 rings (SSSR count). The van der Waals surface area contributed by atoms with Gasteiger partial charge >= 0.3 is 0 Å². The van der Waals surface area contributed by atoms with Crippen LogP contribution in [0.5, 0.6) is 0 Å². The summed E-state index contributed by atoms with van der Waals surface area (Å²) in [5, 5.41) is 12.3. The smallest absolute Gasteiger partial charge is 0.123 e. The SMILES string of the molecule is CC(C)(CO)CNCc1cc(F)ccc1Br. The van der Waals surface area contributed by atoms with Gasteiger partial charge in [0.2, 0.25) is 0 Å². The second kappa shape index (κ2) is 5.75. The van der Waals surface area contributed by atoms with E-state index in [1.807, 2.05) is 13.8 Å². The number of aliphatic hydroxyl groups is 1. The highest BCUT2D eigenvalue weighted by Crippen LogP contribution is 2.18. The van der Waals surface area contributed by atoms with Crippen LogP contribution in [0.15, 0.2) is 22.7 Å². The summed E-state index contributed by atoms with van der Waals surface area (Å²) in [6.45, 7) is 5.35.